The van der Waals surface area contributed by atoms with Crippen molar-refractivity contribution in [1.82, 2.24) is 9.97 Å². The average molecular weight is 222 g/mol. The first-order valence-corrected chi connectivity index (χ1v) is 5.83. The molecule has 0 saturated carbocycles. The van der Waals surface area contributed by atoms with Gasteiger partial charge in [0.1, 0.15) is 0 Å². The summed E-state index contributed by atoms with van der Waals surface area (Å²) in [7, 11) is 0. The second-order valence-corrected chi connectivity index (χ2v) is 4.35. The van der Waals surface area contributed by atoms with Gasteiger partial charge in [0, 0.05) is 18.8 Å². The lowest BCUT2D eigenvalue weighted by molar-refractivity contribution is 0.643. The summed E-state index contributed by atoms with van der Waals surface area (Å²) in [6.07, 6.45) is 2.79. The molecule has 1 heterocycles. The molecule has 16 heavy (non-hydrogen) atoms. The standard InChI is InChI=1S/C12H22N4/c1-9(2)16(7-5-6-13)12-11(4)14-8-10(3)15-12/h8-9H,5-7,13H2,1-4H3. The Balaban J connectivity index is 2.95. The molecule has 2 N–H and O–H groups in total. The zero-order chi connectivity index (χ0) is 12.1. The fraction of sp³-hybridized carbons (Fsp3) is 0.667. The first-order valence-electron chi connectivity index (χ1n) is 5.83. The summed E-state index contributed by atoms with van der Waals surface area (Å²) in [6, 6.07) is 0.418. The fourth-order valence-corrected chi connectivity index (χ4v) is 1.67. The summed E-state index contributed by atoms with van der Waals surface area (Å²) >= 11 is 0. The highest BCUT2D eigenvalue weighted by atomic mass is 15.2. The summed E-state index contributed by atoms with van der Waals surface area (Å²) in [5, 5.41) is 0. The van der Waals surface area contributed by atoms with Crippen molar-refractivity contribution in [2.75, 3.05) is 18.0 Å². The number of rotatable bonds is 5. The number of nitrogens with two attached hydrogens (primary N) is 1. The Morgan fingerprint density at radius 3 is 2.62 bits per heavy atom. The van der Waals surface area contributed by atoms with Crippen LogP contribution in [0.15, 0.2) is 6.20 Å². The van der Waals surface area contributed by atoms with Gasteiger partial charge in [-0.05, 0) is 40.7 Å². The summed E-state index contributed by atoms with van der Waals surface area (Å²) < 4.78 is 0. The maximum atomic E-state index is 5.56. The third-order valence-electron chi connectivity index (χ3n) is 2.55. The van der Waals surface area contributed by atoms with E-state index >= 15 is 0 Å². The van der Waals surface area contributed by atoms with E-state index in [-0.39, 0.29) is 0 Å². The zero-order valence-electron chi connectivity index (χ0n) is 10.7. The summed E-state index contributed by atoms with van der Waals surface area (Å²) in [5.41, 5.74) is 7.50. The van der Waals surface area contributed by atoms with Crippen LogP contribution in [0.1, 0.15) is 31.7 Å². The van der Waals surface area contributed by atoms with Gasteiger partial charge in [-0.1, -0.05) is 0 Å². The molecule has 1 rings (SSSR count). The van der Waals surface area contributed by atoms with Crippen LogP contribution in [0.3, 0.4) is 0 Å². The van der Waals surface area contributed by atoms with Gasteiger partial charge < -0.3 is 10.6 Å². The van der Waals surface area contributed by atoms with Gasteiger partial charge in [0.05, 0.1) is 11.4 Å². The molecule has 0 aliphatic heterocycles. The molecule has 1 aromatic heterocycles. The van der Waals surface area contributed by atoms with Crippen LogP contribution in [0.5, 0.6) is 0 Å². The van der Waals surface area contributed by atoms with E-state index in [0.29, 0.717) is 12.6 Å². The molecule has 1 aromatic rings. The van der Waals surface area contributed by atoms with Crippen LogP contribution in [-0.4, -0.2) is 29.1 Å². The Labute approximate surface area is 97.9 Å². The SMILES string of the molecule is Cc1cnc(C)c(N(CCCN)C(C)C)n1. The number of aromatic nitrogens is 2. The third-order valence-corrected chi connectivity index (χ3v) is 2.55. The maximum Gasteiger partial charge on any atom is 0.150 e. The molecule has 0 saturated heterocycles. The van der Waals surface area contributed by atoms with Crippen LogP contribution in [0, 0.1) is 13.8 Å². The van der Waals surface area contributed by atoms with Crippen LogP contribution in [-0.2, 0) is 0 Å². The molecule has 4 heteroatoms. The van der Waals surface area contributed by atoms with Crippen LogP contribution in [0.2, 0.25) is 0 Å². The molecule has 0 aliphatic rings. The van der Waals surface area contributed by atoms with Gasteiger partial charge in [-0.2, -0.15) is 0 Å². The van der Waals surface area contributed by atoms with E-state index in [1.807, 2.05) is 13.8 Å². The third kappa shape index (κ3) is 3.17. The van der Waals surface area contributed by atoms with E-state index in [4.69, 9.17) is 5.73 Å². The van der Waals surface area contributed by atoms with Crippen molar-refractivity contribution in [3.05, 3.63) is 17.6 Å². The number of aryl methyl sites for hydroxylation is 2. The molecule has 0 atom stereocenters. The second kappa shape index (κ2) is 5.80. The molecule has 0 aromatic carbocycles. The van der Waals surface area contributed by atoms with E-state index < -0.39 is 0 Å². The first kappa shape index (κ1) is 12.9. The van der Waals surface area contributed by atoms with Crippen molar-refractivity contribution < 1.29 is 0 Å². The van der Waals surface area contributed by atoms with Crippen molar-refractivity contribution in [2.45, 2.75) is 40.2 Å². The highest BCUT2D eigenvalue weighted by Gasteiger charge is 2.14. The maximum absolute atomic E-state index is 5.56. The summed E-state index contributed by atoms with van der Waals surface area (Å²) in [5.74, 6) is 0.989. The Morgan fingerprint density at radius 2 is 2.06 bits per heavy atom. The smallest absolute Gasteiger partial charge is 0.150 e. The summed E-state index contributed by atoms with van der Waals surface area (Å²) in [4.78, 5) is 11.2. The molecule has 0 amide bonds. The Hall–Kier alpha value is -1.16. The summed E-state index contributed by atoms with van der Waals surface area (Å²) in [6.45, 7) is 9.95. The molecule has 4 nitrogen and oxygen atoms in total. The average Bonchev–Trinajstić information content (AvgIpc) is 2.23. The van der Waals surface area contributed by atoms with Gasteiger partial charge in [0.25, 0.3) is 0 Å². The zero-order valence-corrected chi connectivity index (χ0v) is 10.7. The minimum atomic E-state index is 0.418. The van der Waals surface area contributed by atoms with Crippen LogP contribution in [0.4, 0.5) is 5.82 Å². The largest absolute Gasteiger partial charge is 0.353 e. The molecule has 0 aliphatic carbocycles. The van der Waals surface area contributed by atoms with Gasteiger partial charge in [0.15, 0.2) is 5.82 Å². The van der Waals surface area contributed by atoms with Crippen LogP contribution in [0.25, 0.3) is 0 Å². The number of hydrogen-bond donors (Lipinski definition) is 1. The fourth-order valence-electron chi connectivity index (χ4n) is 1.67. The van der Waals surface area contributed by atoms with Gasteiger partial charge in [-0.3, -0.25) is 4.98 Å². The predicted molar refractivity (Wildman–Crippen MR) is 67.7 cm³/mol. The van der Waals surface area contributed by atoms with Gasteiger partial charge >= 0.3 is 0 Å². The van der Waals surface area contributed by atoms with E-state index in [9.17, 15) is 0 Å². The number of hydrogen-bond acceptors (Lipinski definition) is 4. The lowest BCUT2D eigenvalue weighted by Gasteiger charge is -2.28. The molecule has 0 spiro atoms. The topological polar surface area (TPSA) is 55.0 Å². The minimum absolute atomic E-state index is 0.418. The van der Waals surface area contributed by atoms with E-state index in [1.54, 1.807) is 6.20 Å². The number of anilines is 1. The molecule has 0 bridgehead atoms. The molecule has 0 unspecified atom stereocenters. The van der Waals surface area contributed by atoms with Crippen molar-refractivity contribution in [3.8, 4) is 0 Å². The molecule has 90 valence electrons. The predicted octanol–water partition coefficient (Wildman–Crippen LogP) is 1.66. The van der Waals surface area contributed by atoms with E-state index in [2.05, 4.69) is 28.7 Å². The highest BCUT2D eigenvalue weighted by Crippen LogP contribution is 2.18. The van der Waals surface area contributed by atoms with Gasteiger partial charge in [-0.25, -0.2) is 4.98 Å². The monoisotopic (exact) mass is 222 g/mol. The lowest BCUT2D eigenvalue weighted by Crippen LogP contribution is -2.34. The molecule has 0 radical (unpaired) electrons. The highest BCUT2D eigenvalue weighted by molar-refractivity contribution is 5.44. The lowest BCUT2D eigenvalue weighted by atomic mass is 10.2. The Bertz CT molecular complexity index is 336. The van der Waals surface area contributed by atoms with Gasteiger partial charge in [0.2, 0.25) is 0 Å². The van der Waals surface area contributed by atoms with Crippen LogP contribution < -0.4 is 10.6 Å². The van der Waals surface area contributed by atoms with Crippen molar-refractivity contribution in [3.63, 3.8) is 0 Å². The Kier molecular flexibility index (Phi) is 4.68. The van der Waals surface area contributed by atoms with Crippen LogP contribution >= 0.6 is 0 Å². The number of nitrogens with zero attached hydrogens (tertiary/aromatic N) is 3. The minimum Gasteiger partial charge on any atom is -0.353 e. The molecular formula is C12H22N4. The second-order valence-electron chi connectivity index (χ2n) is 4.35. The van der Waals surface area contributed by atoms with E-state index in [0.717, 1.165) is 30.2 Å². The van der Waals surface area contributed by atoms with Gasteiger partial charge in [-0.15, -0.1) is 0 Å². The first-order chi connectivity index (χ1) is 7.56. The normalized spacial score (nSPS) is 10.9. The van der Waals surface area contributed by atoms with Crippen molar-refractivity contribution in [1.29, 1.82) is 0 Å². The Morgan fingerprint density at radius 1 is 1.38 bits per heavy atom. The van der Waals surface area contributed by atoms with E-state index in [1.165, 1.54) is 0 Å². The quantitative estimate of drug-likeness (QED) is 0.823. The van der Waals surface area contributed by atoms with Crippen molar-refractivity contribution >= 4 is 5.82 Å². The molecule has 0 fully saturated rings. The van der Waals surface area contributed by atoms with Crippen molar-refractivity contribution in [2.24, 2.45) is 5.73 Å². The molecular weight excluding hydrogens is 200 g/mol.